The Balaban J connectivity index is 2.51. The summed E-state index contributed by atoms with van der Waals surface area (Å²) in [6, 6.07) is 4.08. The third kappa shape index (κ3) is 2.50. The molecule has 0 saturated heterocycles. The molecule has 2 rings (SSSR count). The van der Waals surface area contributed by atoms with E-state index in [0.29, 0.717) is 5.88 Å². The highest BCUT2D eigenvalue weighted by atomic mass is 35.5. The minimum absolute atomic E-state index is 0.513. The van der Waals surface area contributed by atoms with Gasteiger partial charge in [-0.1, -0.05) is 13.8 Å². The molecule has 0 bridgehead atoms. The molecule has 0 radical (unpaired) electrons. The van der Waals surface area contributed by atoms with E-state index in [1.54, 1.807) is 6.20 Å². The molecule has 17 heavy (non-hydrogen) atoms. The molecule has 4 heteroatoms. The van der Waals surface area contributed by atoms with Gasteiger partial charge in [0.2, 0.25) is 0 Å². The Morgan fingerprint density at radius 3 is 2.71 bits per heavy atom. The summed E-state index contributed by atoms with van der Waals surface area (Å²) in [6.07, 6.45) is 5.55. The number of hydrogen-bond acceptors (Lipinski definition) is 2. The molecule has 0 aliphatic heterocycles. The van der Waals surface area contributed by atoms with E-state index in [9.17, 15) is 0 Å². The average Bonchev–Trinajstić information content (AvgIpc) is 2.86. The maximum Gasteiger partial charge on any atom is 0.138 e. The van der Waals surface area contributed by atoms with Crippen LogP contribution in [-0.4, -0.2) is 14.5 Å². The lowest BCUT2D eigenvalue weighted by Crippen LogP contribution is -2.04. The fourth-order valence-electron chi connectivity index (χ4n) is 1.82. The zero-order chi connectivity index (χ0) is 12.3. The largest absolute Gasteiger partial charge is 0.288 e. The van der Waals surface area contributed by atoms with Crippen molar-refractivity contribution in [3.05, 3.63) is 41.6 Å². The van der Waals surface area contributed by atoms with Gasteiger partial charge in [0.25, 0.3) is 0 Å². The monoisotopic (exact) mass is 249 g/mol. The molecular weight excluding hydrogens is 234 g/mol. The van der Waals surface area contributed by atoms with Crippen molar-refractivity contribution >= 4 is 11.6 Å². The van der Waals surface area contributed by atoms with Gasteiger partial charge in [0.15, 0.2) is 0 Å². The number of pyridine rings is 1. The average molecular weight is 250 g/mol. The molecule has 0 atom stereocenters. The van der Waals surface area contributed by atoms with Crippen LogP contribution in [0.1, 0.15) is 30.9 Å². The van der Waals surface area contributed by atoms with Crippen LogP contribution in [0.3, 0.4) is 0 Å². The maximum absolute atomic E-state index is 5.91. The van der Waals surface area contributed by atoms with Crippen molar-refractivity contribution in [3.63, 3.8) is 0 Å². The van der Waals surface area contributed by atoms with Crippen molar-refractivity contribution in [2.45, 2.75) is 32.6 Å². The summed E-state index contributed by atoms with van der Waals surface area (Å²) < 4.78 is 2.02. The van der Waals surface area contributed by atoms with Gasteiger partial charge in [-0.25, -0.2) is 9.97 Å². The Hall–Kier alpha value is -1.35. The van der Waals surface area contributed by atoms with Crippen molar-refractivity contribution < 1.29 is 0 Å². The standard InChI is InChI=1S/C13H16ClN3/c1-3-11-7-10(9-14)8-13(16-11)17-6-5-15-12(17)4-2/h5-8H,3-4,9H2,1-2H3. The van der Waals surface area contributed by atoms with Gasteiger partial charge in [-0.05, 0) is 24.1 Å². The number of aryl methyl sites for hydroxylation is 2. The normalized spacial score (nSPS) is 10.8. The SMILES string of the molecule is CCc1cc(CCl)cc(-n2ccnc2CC)n1. The minimum Gasteiger partial charge on any atom is -0.288 e. The number of alkyl halides is 1. The Labute approximate surface area is 106 Å². The molecule has 0 aliphatic carbocycles. The summed E-state index contributed by atoms with van der Waals surface area (Å²) >= 11 is 5.91. The van der Waals surface area contributed by atoms with Crippen LogP contribution in [0.5, 0.6) is 0 Å². The van der Waals surface area contributed by atoms with Gasteiger partial charge in [-0.2, -0.15) is 0 Å². The first kappa shape index (κ1) is 12.1. The topological polar surface area (TPSA) is 30.7 Å². The van der Waals surface area contributed by atoms with Gasteiger partial charge in [0.1, 0.15) is 11.6 Å². The Bertz CT molecular complexity index is 483. The summed E-state index contributed by atoms with van der Waals surface area (Å²) in [7, 11) is 0. The van der Waals surface area contributed by atoms with Crippen LogP contribution < -0.4 is 0 Å². The van der Waals surface area contributed by atoms with Gasteiger partial charge in [-0.15, -0.1) is 11.6 Å². The first-order chi connectivity index (χ1) is 8.28. The van der Waals surface area contributed by atoms with Crippen LogP contribution in [0.25, 0.3) is 5.82 Å². The number of imidazole rings is 1. The van der Waals surface area contributed by atoms with Crippen LogP contribution in [0.15, 0.2) is 24.5 Å². The molecule has 0 aromatic carbocycles. The molecule has 2 aromatic heterocycles. The third-order valence-electron chi connectivity index (χ3n) is 2.72. The Morgan fingerprint density at radius 2 is 2.06 bits per heavy atom. The van der Waals surface area contributed by atoms with Crippen LogP contribution >= 0.6 is 11.6 Å². The van der Waals surface area contributed by atoms with Crippen LogP contribution in [-0.2, 0) is 18.7 Å². The number of rotatable bonds is 4. The smallest absolute Gasteiger partial charge is 0.138 e. The Morgan fingerprint density at radius 1 is 1.24 bits per heavy atom. The molecular formula is C13H16ClN3. The van der Waals surface area contributed by atoms with Crippen molar-refractivity contribution in [2.75, 3.05) is 0 Å². The van der Waals surface area contributed by atoms with Crippen molar-refractivity contribution in [3.8, 4) is 5.82 Å². The summed E-state index contributed by atoms with van der Waals surface area (Å²) in [5, 5.41) is 0. The maximum atomic E-state index is 5.91. The predicted molar refractivity (Wildman–Crippen MR) is 69.7 cm³/mol. The highest BCUT2D eigenvalue weighted by Gasteiger charge is 2.07. The molecule has 3 nitrogen and oxygen atoms in total. The summed E-state index contributed by atoms with van der Waals surface area (Å²) in [4.78, 5) is 8.93. The molecule has 90 valence electrons. The van der Waals surface area contributed by atoms with Gasteiger partial charge in [0, 0.05) is 30.4 Å². The fraction of sp³-hybridized carbons (Fsp3) is 0.385. The van der Waals surface area contributed by atoms with Crippen molar-refractivity contribution in [1.29, 1.82) is 0 Å². The third-order valence-corrected chi connectivity index (χ3v) is 3.03. The van der Waals surface area contributed by atoms with E-state index < -0.39 is 0 Å². The number of aromatic nitrogens is 3. The lowest BCUT2D eigenvalue weighted by Gasteiger charge is -2.09. The summed E-state index contributed by atoms with van der Waals surface area (Å²) in [5.41, 5.74) is 2.16. The second kappa shape index (κ2) is 5.32. The second-order valence-electron chi connectivity index (χ2n) is 3.88. The lowest BCUT2D eigenvalue weighted by molar-refractivity contribution is 0.852. The zero-order valence-corrected chi connectivity index (χ0v) is 10.9. The summed E-state index contributed by atoms with van der Waals surface area (Å²) in [6.45, 7) is 4.18. The first-order valence-corrected chi connectivity index (χ1v) is 6.40. The van der Waals surface area contributed by atoms with Gasteiger partial charge in [-0.3, -0.25) is 4.57 Å². The minimum atomic E-state index is 0.513. The molecule has 2 aromatic rings. The zero-order valence-electron chi connectivity index (χ0n) is 10.2. The van der Waals surface area contributed by atoms with Crippen molar-refractivity contribution in [2.24, 2.45) is 0 Å². The highest BCUT2D eigenvalue weighted by Crippen LogP contribution is 2.15. The van der Waals surface area contributed by atoms with E-state index >= 15 is 0 Å². The van der Waals surface area contributed by atoms with E-state index in [4.69, 9.17) is 11.6 Å². The molecule has 0 aliphatic rings. The van der Waals surface area contributed by atoms with E-state index in [0.717, 1.165) is 35.7 Å². The number of halogens is 1. The van der Waals surface area contributed by atoms with E-state index in [2.05, 4.69) is 29.9 Å². The number of nitrogens with zero attached hydrogens (tertiary/aromatic N) is 3. The second-order valence-corrected chi connectivity index (χ2v) is 4.15. The summed E-state index contributed by atoms with van der Waals surface area (Å²) in [5.74, 6) is 2.44. The van der Waals surface area contributed by atoms with E-state index in [1.165, 1.54) is 0 Å². The molecule has 0 saturated carbocycles. The number of hydrogen-bond donors (Lipinski definition) is 0. The van der Waals surface area contributed by atoms with Gasteiger partial charge < -0.3 is 0 Å². The molecule has 0 amide bonds. The predicted octanol–water partition coefficient (Wildman–Crippen LogP) is 3.13. The van der Waals surface area contributed by atoms with Crippen LogP contribution in [0, 0.1) is 0 Å². The molecule has 0 unspecified atom stereocenters. The lowest BCUT2D eigenvalue weighted by atomic mass is 10.2. The van der Waals surface area contributed by atoms with Crippen LogP contribution in [0.2, 0.25) is 0 Å². The molecule has 0 fully saturated rings. The van der Waals surface area contributed by atoms with Crippen LogP contribution in [0.4, 0.5) is 0 Å². The fourth-order valence-corrected chi connectivity index (χ4v) is 1.97. The molecule has 0 N–H and O–H groups in total. The Kier molecular flexibility index (Phi) is 3.79. The molecule has 2 heterocycles. The van der Waals surface area contributed by atoms with Gasteiger partial charge in [0.05, 0.1) is 0 Å². The molecule has 0 spiro atoms. The van der Waals surface area contributed by atoms with Gasteiger partial charge >= 0.3 is 0 Å². The van der Waals surface area contributed by atoms with Crippen molar-refractivity contribution in [1.82, 2.24) is 14.5 Å². The highest BCUT2D eigenvalue weighted by molar-refractivity contribution is 6.17. The first-order valence-electron chi connectivity index (χ1n) is 5.86. The van der Waals surface area contributed by atoms with E-state index in [1.807, 2.05) is 16.8 Å². The quantitative estimate of drug-likeness (QED) is 0.780. The van der Waals surface area contributed by atoms with E-state index in [-0.39, 0.29) is 0 Å².